The Kier molecular flexibility index (Phi) is 6.27. The van der Waals surface area contributed by atoms with Crippen LogP contribution in [0.15, 0.2) is 11.4 Å². The van der Waals surface area contributed by atoms with Crippen molar-refractivity contribution in [3.8, 4) is 0 Å². The summed E-state index contributed by atoms with van der Waals surface area (Å²) in [6.45, 7) is 2.70. The molecule has 0 bridgehead atoms. The maximum absolute atomic E-state index is 11.9. The van der Waals surface area contributed by atoms with Crippen molar-refractivity contribution in [2.45, 2.75) is 12.8 Å². The Labute approximate surface area is 122 Å². The number of primary amides is 1. The molecule has 19 heavy (non-hydrogen) atoms. The molecule has 1 aromatic rings. The van der Waals surface area contributed by atoms with Crippen molar-refractivity contribution in [1.82, 2.24) is 10.6 Å². The zero-order valence-electron chi connectivity index (χ0n) is 10.5. The lowest BCUT2D eigenvalue weighted by Crippen LogP contribution is -2.37. The number of carbonyl (C=O) groups is 2. The van der Waals surface area contributed by atoms with Gasteiger partial charge in [0.1, 0.15) is 0 Å². The second kappa shape index (κ2) is 7.47. The first kappa shape index (κ1) is 15.9. The molecule has 0 saturated carbocycles. The molecular formula is C12H18ClN3O2S. The number of nitrogens with two attached hydrogens (primary N) is 1. The van der Waals surface area contributed by atoms with E-state index < -0.39 is 5.91 Å². The minimum Gasteiger partial charge on any atom is -0.366 e. The molecule has 2 rings (SSSR count). The molecule has 1 atom stereocenters. The Morgan fingerprint density at radius 2 is 2.32 bits per heavy atom. The number of halogens is 1. The van der Waals surface area contributed by atoms with Gasteiger partial charge in [0.25, 0.3) is 5.91 Å². The lowest BCUT2D eigenvalue weighted by atomic mass is 10.00. The van der Waals surface area contributed by atoms with Gasteiger partial charge in [-0.1, -0.05) is 0 Å². The highest BCUT2D eigenvalue weighted by Crippen LogP contribution is 2.14. The van der Waals surface area contributed by atoms with Crippen molar-refractivity contribution in [2.75, 3.05) is 19.6 Å². The maximum Gasteiger partial charge on any atom is 0.261 e. The highest BCUT2D eigenvalue weighted by atomic mass is 35.5. The monoisotopic (exact) mass is 303 g/mol. The summed E-state index contributed by atoms with van der Waals surface area (Å²) in [6, 6.07) is 1.54. The minimum atomic E-state index is -0.498. The molecular weight excluding hydrogens is 286 g/mol. The van der Waals surface area contributed by atoms with Crippen LogP contribution in [0.4, 0.5) is 0 Å². The fourth-order valence-corrected chi connectivity index (χ4v) is 2.82. The van der Waals surface area contributed by atoms with Gasteiger partial charge in [0.2, 0.25) is 5.91 Å². The predicted octanol–water partition coefficient (Wildman–Crippen LogP) is 0.998. The van der Waals surface area contributed by atoms with Crippen molar-refractivity contribution in [1.29, 1.82) is 0 Å². The normalized spacial score (nSPS) is 18.4. The number of hydrogen-bond donors (Lipinski definition) is 3. The number of carbonyl (C=O) groups excluding carboxylic acids is 2. The third-order valence-electron chi connectivity index (χ3n) is 3.06. The van der Waals surface area contributed by atoms with E-state index in [2.05, 4.69) is 10.6 Å². The number of rotatable bonds is 4. The van der Waals surface area contributed by atoms with Crippen molar-refractivity contribution in [2.24, 2.45) is 11.7 Å². The summed E-state index contributed by atoms with van der Waals surface area (Å²) in [5.41, 5.74) is 5.54. The van der Waals surface area contributed by atoms with E-state index in [9.17, 15) is 9.59 Å². The zero-order valence-corrected chi connectivity index (χ0v) is 12.1. The second-order valence-corrected chi connectivity index (χ2v) is 5.40. The summed E-state index contributed by atoms with van der Waals surface area (Å²) < 4.78 is 0. The Balaban J connectivity index is 0.00000180. The molecule has 1 aromatic heterocycles. The van der Waals surface area contributed by atoms with Crippen molar-refractivity contribution in [3.05, 3.63) is 21.9 Å². The summed E-state index contributed by atoms with van der Waals surface area (Å²) >= 11 is 1.24. The summed E-state index contributed by atoms with van der Waals surface area (Å²) in [5, 5.41) is 7.82. The predicted molar refractivity (Wildman–Crippen MR) is 78.0 cm³/mol. The van der Waals surface area contributed by atoms with Crippen LogP contribution in [0.2, 0.25) is 0 Å². The Hall–Kier alpha value is -1.11. The van der Waals surface area contributed by atoms with Gasteiger partial charge in [0.05, 0.1) is 10.4 Å². The van der Waals surface area contributed by atoms with Crippen LogP contribution in [0.25, 0.3) is 0 Å². The summed E-state index contributed by atoms with van der Waals surface area (Å²) in [7, 11) is 0. The van der Waals surface area contributed by atoms with E-state index in [1.54, 1.807) is 11.4 Å². The maximum atomic E-state index is 11.9. The minimum absolute atomic E-state index is 0. The molecule has 0 aromatic carbocycles. The first-order valence-corrected chi connectivity index (χ1v) is 6.92. The molecule has 106 valence electrons. The molecule has 2 amide bonds. The van der Waals surface area contributed by atoms with Gasteiger partial charge >= 0.3 is 0 Å². The van der Waals surface area contributed by atoms with Crippen LogP contribution in [0.5, 0.6) is 0 Å². The SMILES string of the molecule is Cl.NC(=O)c1csc(C(=O)NCC2CCCNC2)c1. The van der Waals surface area contributed by atoms with Gasteiger partial charge in [-0.05, 0) is 37.9 Å². The number of nitrogens with one attached hydrogen (secondary N) is 2. The number of hydrogen-bond acceptors (Lipinski definition) is 4. The smallest absolute Gasteiger partial charge is 0.261 e. The Bertz CT molecular complexity index is 444. The van der Waals surface area contributed by atoms with Crippen LogP contribution in [-0.4, -0.2) is 31.4 Å². The summed E-state index contributed by atoms with van der Waals surface area (Å²) in [4.78, 5) is 23.3. The molecule has 4 N–H and O–H groups in total. The average molecular weight is 304 g/mol. The topological polar surface area (TPSA) is 84.2 Å². The van der Waals surface area contributed by atoms with E-state index in [4.69, 9.17) is 5.73 Å². The van der Waals surface area contributed by atoms with Crippen LogP contribution >= 0.6 is 23.7 Å². The fourth-order valence-electron chi connectivity index (χ4n) is 2.01. The van der Waals surface area contributed by atoms with E-state index >= 15 is 0 Å². The van der Waals surface area contributed by atoms with Gasteiger partial charge in [0.15, 0.2) is 0 Å². The molecule has 1 fully saturated rings. The summed E-state index contributed by atoms with van der Waals surface area (Å²) in [5.74, 6) is -0.127. The van der Waals surface area contributed by atoms with E-state index in [-0.39, 0.29) is 18.3 Å². The molecule has 2 heterocycles. The second-order valence-electron chi connectivity index (χ2n) is 4.49. The van der Waals surface area contributed by atoms with E-state index in [0.717, 1.165) is 25.9 Å². The van der Waals surface area contributed by atoms with Crippen LogP contribution in [-0.2, 0) is 0 Å². The lowest BCUT2D eigenvalue weighted by molar-refractivity contribution is 0.0949. The Morgan fingerprint density at radius 3 is 2.89 bits per heavy atom. The van der Waals surface area contributed by atoms with Crippen LogP contribution < -0.4 is 16.4 Å². The van der Waals surface area contributed by atoms with Crippen molar-refractivity contribution < 1.29 is 9.59 Å². The van der Waals surface area contributed by atoms with E-state index in [1.807, 2.05) is 0 Å². The van der Waals surface area contributed by atoms with E-state index in [0.29, 0.717) is 22.9 Å². The average Bonchev–Trinajstić information content (AvgIpc) is 2.87. The highest BCUT2D eigenvalue weighted by Gasteiger charge is 2.16. The molecule has 5 nitrogen and oxygen atoms in total. The fraction of sp³-hybridized carbons (Fsp3) is 0.500. The zero-order chi connectivity index (χ0) is 13.0. The third-order valence-corrected chi connectivity index (χ3v) is 3.99. The van der Waals surface area contributed by atoms with Crippen LogP contribution in [0, 0.1) is 5.92 Å². The molecule has 0 radical (unpaired) electrons. The number of amides is 2. The third kappa shape index (κ3) is 4.49. The van der Waals surface area contributed by atoms with E-state index in [1.165, 1.54) is 11.3 Å². The standard InChI is InChI=1S/C12H17N3O2S.ClH/c13-11(16)9-4-10(18-7-9)12(17)15-6-8-2-1-3-14-5-8;/h4,7-8,14H,1-3,5-6H2,(H2,13,16)(H,15,17);1H. The summed E-state index contributed by atoms with van der Waals surface area (Å²) in [6.07, 6.45) is 2.30. The molecule has 1 saturated heterocycles. The van der Waals surface area contributed by atoms with Gasteiger partial charge in [-0.25, -0.2) is 0 Å². The lowest BCUT2D eigenvalue weighted by Gasteiger charge is -2.22. The number of piperidine rings is 1. The van der Waals surface area contributed by atoms with Crippen LogP contribution in [0.3, 0.4) is 0 Å². The highest BCUT2D eigenvalue weighted by molar-refractivity contribution is 7.12. The molecule has 0 aliphatic carbocycles. The molecule has 7 heteroatoms. The first-order valence-electron chi connectivity index (χ1n) is 6.04. The number of thiophene rings is 1. The van der Waals surface area contributed by atoms with Gasteiger partial charge < -0.3 is 16.4 Å². The Morgan fingerprint density at radius 1 is 1.53 bits per heavy atom. The molecule has 0 spiro atoms. The van der Waals surface area contributed by atoms with Gasteiger partial charge in [-0.3, -0.25) is 9.59 Å². The van der Waals surface area contributed by atoms with Gasteiger partial charge in [0, 0.05) is 11.9 Å². The quantitative estimate of drug-likeness (QED) is 0.776. The van der Waals surface area contributed by atoms with Crippen LogP contribution in [0.1, 0.15) is 32.9 Å². The van der Waals surface area contributed by atoms with Crippen molar-refractivity contribution >= 4 is 35.6 Å². The molecule has 1 aliphatic heterocycles. The van der Waals surface area contributed by atoms with Gasteiger partial charge in [-0.2, -0.15) is 0 Å². The van der Waals surface area contributed by atoms with Crippen molar-refractivity contribution in [3.63, 3.8) is 0 Å². The molecule has 1 unspecified atom stereocenters. The largest absolute Gasteiger partial charge is 0.366 e. The molecule has 1 aliphatic rings. The van der Waals surface area contributed by atoms with Gasteiger partial charge in [-0.15, -0.1) is 23.7 Å². The first-order chi connectivity index (χ1) is 8.66.